The molecular weight excluding hydrogens is 360 g/mol. The van der Waals surface area contributed by atoms with Crippen molar-refractivity contribution in [1.29, 1.82) is 0 Å². The van der Waals surface area contributed by atoms with Crippen LogP contribution >= 0.6 is 0 Å². The van der Waals surface area contributed by atoms with Gasteiger partial charge < -0.3 is 0 Å². The first kappa shape index (κ1) is 26.3. The zero-order valence-electron chi connectivity index (χ0n) is 21.8. The van der Waals surface area contributed by atoms with Crippen molar-refractivity contribution in [2.24, 2.45) is 41.4 Å². The summed E-state index contributed by atoms with van der Waals surface area (Å²) in [5.74, 6) is 7.20. The third-order valence-corrected chi connectivity index (χ3v) is 8.87. The van der Waals surface area contributed by atoms with Gasteiger partial charge >= 0.3 is 0 Å². The topological polar surface area (TPSA) is 0 Å². The van der Waals surface area contributed by atoms with Crippen LogP contribution in [-0.2, 0) is 0 Å². The Bertz CT molecular complexity index is 402. The highest BCUT2D eigenvalue weighted by Crippen LogP contribution is 2.39. The highest BCUT2D eigenvalue weighted by molar-refractivity contribution is 4.78. The summed E-state index contributed by atoms with van der Waals surface area (Å²) in [6.45, 7) is 12.1. The fourth-order valence-electron chi connectivity index (χ4n) is 6.02. The predicted octanol–water partition coefficient (Wildman–Crippen LogP) is 10.4. The summed E-state index contributed by atoms with van der Waals surface area (Å²) >= 11 is 0. The summed E-state index contributed by atoms with van der Waals surface area (Å²) in [6, 6.07) is 0. The van der Waals surface area contributed by atoms with Gasteiger partial charge in [-0.15, -0.1) is 0 Å². The van der Waals surface area contributed by atoms with Gasteiger partial charge in [0.2, 0.25) is 0 Å². The Hall–Kier alpha value is 0. The van der Waals surface area contributed by atoms with Crippen LogP contribution in [0.15, 0.2) is 0 Å². The molecule has 0 heteroatoms. The third-order valence-electron chi connectivity index (χ3n) is 8.87. The predicted molar refractivity (Wildman–Crippen MR) is 136 cm³/mol. The molecule has 0 spiro atoms. The second-order valence-electron chi connectivity index (χ2n) is 12.5. The van der Waals surface area contributed by atoms with Crippen LogP contribution in [0.2, 0.25) is 0 Å². The molecule has 0 heterocycles. The maximum absolute atomic E-state index is 2.51. The van der Waals surface area contributed by atoms with Crippen LogP contribution in [0, 0.1) is 41.4 Å². The monoisotopic (exact) mass is 418 g/mol. The minimum Gasteiger partial charge on any atom is -0.0625 e. The zero-order valence-corrected chi connectivity index (χ0v) is 21.8. The van der Waals surface area contributed by atoms with Crippen molar-refractivity contribution in [2.75, 3.05) is 0 Å². The van der Waals surface area contributed by atoms with Crippen molar-refractivity contribution in [3.05, 3.63) is 0 Å². The zero-order chi connectivity index (χ0) is 21.8. The quantitative estimate of drug-likeness (QED) is 0.397. The molecule has 5 unspecified atom stereocenters. The Morgan fingerprint density at radius 1 is 0.300 bits per heavy atom. The molecule has 4 aliphatic rings. The molecule has 4 saturated carbocycles. The summed E-state index contributed by atoms with van der Waals surface area (Å²) < 4.78 is 0. The largest absolute Gasteiger partial charge is 0.0625 e. The Kier molecular flexibility index (Phi) is 13.1. The molecule has 0 aromatic rings. The maximum Gasteiger partial charge on any atom is -0.0383 e. The lowest BCUT2D eigenvalue weighted by atomic mass is 9.71. The number of rotatable bonds is 1. The lowest BCUT2D eigenvalue weighted by Crippen LogP contribution is -2.22. The van der Waals surface area contributed by atoms with Crippen LogP contribution in [0.5, 0.6) is 0 Å². The molecule has 0 radical (unpaired) electrons. The van der Waals surface area contributed by atoms with Crippen LogP contribution < -0.4 is 0 Å². The molecule has 0 nitrogen and oxygen atoms in total. The van der Waals surface area contributed by atoms with Crippen molar-refractivity contribution in [2.45, 2.75) is 150 Å². The summed E-state index contributed by atoms with van der Waals surface area (Å²) in [5.41, 5.74) is 0. The van der Waals surface area contributed by atoms with Crippen LogP contribution in [0.4, 0.5) is 0 Å². The van der Waals surface area contributed by atoms with E-state index in [4.69, 9.17) is 0 Å². The fourth-order valence-corrected chi connectivity index (χ4v) is 6.02. The first-order valence-corrected chi connectivity index (χ1v) is 14.4. The lowest BCUT2D eigenvalue weighted by molar-refractivity contribution is 0.172. The van der Waals surface area contributed by atoms with Crippen molar-refractivity contribution >= 4 is 0 Å². The number of hydrogen-bond acceptors (Lipinski definition) is 0. The molecule has 0 amide bonds. The van der Waals surface area contributed by atoms with E-state index in [9.17, 15) is 0 Å². The Balaban J connectivity index is 0.000000235. The summed E-state index contributed by atoms with van der Waals surface area (Å²) in [6.07, 6.45) is 27.0. The molecule has 0 N–H and O–H groups in total. The van der Waals surface area contributed by atoms with Gasteiger partial charge in [0, 0.05) is 0 Å². The third kappa shape index (κ3) is 12.1. The molecule has 0 saturated heterocycles. The van der Waals surface area contributed by atoms with Gasteiger partial charge in [-0.1, -0.05) is 131 Å². The molecule has 4 fully saturated rings. The first-order valence-electron chi connectivity index (χ1n) is 14.4. The van der Waals surface area contributed by atoms with E-state index in [0.717, 1.165) is 41.4 Å². The van der Waals surface area contributed by atoms with Crippen LogP contribution in [0.25, 0.3) is 0 Å². The number of hydrogen-bond donors (Lipinski definition) is 0. The minimum absolute atomic E-state index is 0.982. The van der Waals surface area contributed by atoms with E-state index in [0.29, 0.717) is 0 Å². The second-order valence-corrected chi connectivity index (χ2v) is 12.5. The van der Waals surface area contributed by atoms with E-state index in [1.54, 1.807) is 6.42 Å². The molecule has 0 aromatic heterocycles. The van der Waals surface area contributed by atoms with Gasteiger partial charge in [0.25, 0.3) is 0 Å². The molecule has 0 aliphatic heterocycles. The average molecular weight is 419 g/mol. The highest BCUT2D eigenvalue weighted by Gasteiger charge is 2.27. The second kappa shape index (κ2) is 14.9. The van der Waals surface area contributed by atoms with Crippen LogP contribution in [0.3, 0.4) is 0 Å². The van der Waals surface area contributed by atoms with E-state index in [1.807, 2.05) is 0 Å². The van der Waals surface area contributed by atoms with Crippen molar-refractivity contribution in [3.8, 4) is 0 Å². The molecular formula is C30H58. The summed E-state index contributed by atoms with van der Waals surface area (Å²) in [5, 5.41) is 0. The molecule has 5 atom stereocenters. The standard InChI is InChI=1S/C19H36.C7H14.C4H8/c1-15-6-4-5-7-18(12-10-15)19-13-11-16(2)8-9-17(3)14-19;1-7-5-3-2-4-6-7;1-4-2-3-4/h15-19H,4-14H2,1-3H3;7H,2-6H2,1H3;4H,2-3H2,1H3. The normalized spacial score (nSPS) is 36.5. The summed E-state index contributed by atoms with van der Waals surface area (Å²) in [7, 11) is 0. The van der Waals surface area contributed by atoms with Crippen molar-refractivity contribution in [3.63, 3.8) is 0 Å². The molecule has 30 heavy (non-hydrogen) atoms. The smallest absolute Gasteiger partial charge is 0.0383 e. The summed E-state index contributed by atoms with van der Waals surface area (Å²) in [4.78, 5) is 0. The fraction of sp³-hybridized carbons (Fsp3) is 1.00. The van der Waals surface area contributed by atoms with E-state index in [1.165, 1.54) is 109 Å². The van der Waals surface area contributed by atoms with Gasteiger partial charge in [-0.25, -0.2) is 0 Å². The molecule has 4 aliphatic carbocycles. The molecule has 0 aromatic carbocycles. The van der Waals surface area contributed by atoms with E-state index in [2.05, 4.69) is 34.6 Å². The maximum atomic E-state index is 2.51. The van der Waals surface area contributed by atoms with E-state index < -0.39 is 0 Å². The van der Waals surface area contributed by atoms with E-state index >= 15 is 0 Å². The van der Waals surface area contributed by atoms with Gasteiger partial charge in [-0.3, -0.25) is 0 Å². The molecule has 0 bridgehead atoms. The van der Waals surface area contributed by atoms with Gasteiger partial charge in [0.15, 0.2) is 0 Å². The first-order chi connectivity index (χ1) is 14.4. The Labute approximate surface area is 191 Å². The van der Waals surface area contributed by atoms with Crippen LogP contribution in [0.1, 0.15) is 150 Å². The highest BCUT2D eigenvalue weighted by atomic mass is 14.3. The SMILES string of the molecule is CC1CC1.CC1CCCCC(C2CCC(C)CCC(C)C2)CC1.CC1CCCCC1. The van der Waals surface area contributed by atoms with Gasteiger partial charge in [0.05, 0.1) is 0 Å². The van der Waals surface area contributed by atoms with E-state index in [-0.39, 0.29) is 0 Å². The lowest BCUT2D eigenvalue weighted by Gasteiger charge is -2.34. The Morgan fingerprint density at radius 3 is 1.23 bits per heavy atom. The van der Waals surface area contributed by atoms with Gasteiger partial charge in [0.1, 0.15) is 0 Å². The van der Waals surface area contributed by atoms with Crippen molar-refractivity contribution in [1.82, 2.24) is 0 Å². The van der Waals surface area contributed by atoms with Gasteiger partial charge in [-0.2, -0.15) is 0 Å². The Morgan fingerprint density at radius 2 is 0.667 bits per heavy atom. The molecule has 178 valence electrons. The minimum atomic E-state index is 0.982. The van der Waals surface area contributed by atoms with Gasteiger partial charge in [-0.05, 0) is 60.7 Å². The van der Waals surface area contributed by atoms with Crippen molar-refractivity contribution < 1.29 is 0 Å². The molecule has 4 rings (SSSR count). The van der Waals surface area contributed by atoms with Crippen LogP contribution in [-0.4, -0.2) is 0 Å². The average Bonchev–Trinajstić information content (AvgIpc) is 3.49.